The van der Waals surface area contributed by atoms with E-state index in [0.29, 0.717) is 6.54 Å². The van der Waals surface area contributed by atoms with Crippen LogP contribution < -0.4 is 0 Å². The molecule has 6 nitrogen and oxygen atoms in total. The summed E-state index contributed by atoms with van der Waals surface area (Å²) in [6.07, 6.45) is 2.24. The molecule has 0 bridgehead atoms. The zero-order chi connectivity index (χ0) is 8.97. The van der Waals surface area contributed by atoms with Crippen LogP contribution in [0.3, 0.4) is 0 Å². The molecule has 1 aromatic rings. The Morgan fingerprint density at radius 3 is 3.00 bits per heavy atom. The van der Waals surface area contributed by atoms with Crippen molar-refractivity contribution < 1.29 is 4.92 Å². The van der Waals surface area contributed by atoms with E-state index in [0.717, 1.165) is 11.8 Å². The second kappa shape index (κ2) is 4.15. The number of alkyl halides is 1. The van der Waals surface area contributed by atoms with Gasteiger partial charge in [0, 0.05) is 10.4 Å². The third-order valence-corrected chi connectivity index (χ3v) is 1.77. The maximum absolute atomic E-state index is 10.1. The maximum Gasteiger partial charge on any atom is 0.490 e. The summed E-state index contributed by atoms with van der Waals surface area (Å²) in [6, 6.07) is 0. The topological polar surface area (TPSA) is 73.8 Å². The van der Waals surface area contributed by atoms with E-state index in [9.17, 15) is 10.1 Å². The molecule has 1 rings (SSSR count). The van der Waals surface area contributed by atoms with Crippen LogP contribution in [-0.2, 0) is 6.54 Å². The van der Waals surface area contributed by atoms with Gasteiger partial charge in [-0.2, -0.15) is 4.68 Å². The highest BCUT2D eigenvalue weighted by molar-refractivity contribution is 9.09. The Labute approximate surface area is 76.9 Å². The van der Waals surface area contributed by atoms with E-state index in [1.165, 1.54) is 11.0 Å². The molecule has 0 aliphatic carbocycles. The van der Waals surface area contributed by atoms with Gasteiger partial charge >= 0.3 is 5.95 Å². The zero-order valence-corrected chi connectivity index (χ0v) is 7.77. The summed E-state index contributed by atoms with van der Waals surface area (Å²) in [5.74, 6) is -0.343. The summed E-state index contributed by atoms with van der Waals surface area (Å²) in [5.41, 5.74) is 0. The molecule has 0 radical (unpaired) electrons. The van der Waals surface area contributed by atoms with Crippen molar-refractivity contribution >= 4 is 21.9 Å². The van der Waals surface area contributed by atoms with Crippen molar-refractivity contribution in [3.63, 3.8) is 0 Å². The highest BCUT2D eigenvalue weighted by atomic mass is 79.9. The Hall–Kier alpha value is -0.980. The monoisotopic (exact) mass is 234 g/mol. The van der Waals surface area contributed by atoms with E-state index in [4.69, 9.17) is 0 Å². The van der Waals surface area contributed by atoms with E-state index >= 15 is 0 Å². The lowest BCUT2D eigenvalue weighted by Crippen LogP contribution is -1.99. The van der Waals surface area contributed by atoms with Gasteiger partial charge in [-0.3, -0.25) is 0 Å². The van der Waals surface area contributed by atoms with Gasteiger partial charge in [-0.05, 0) is 11.3 Å². The smallest absolute Gasteiger partial charge is 0.390 e. The Morgan fingerprint density at radius 2 is 2.50 bits per heavy atom. The molecule has 0 unspecified atom stereocenters. The quantitative estimate of drug-likeness (QED) is 0.442. The molecular weight excluding hydrogens is 228 g/mol. The summed E-state index contributed by atoms with van der Waals surface area (Å²) < 4.78 is 1.46. The molecule has 7 heteroatoms. The first kappa shape index (κ1) is 9.11. The normalized spacial score (nSPS) is 10.1. The van der Waals surface area contributed by atoms with E-state index in [-0.39, 0.29) is 5.95 Å². The SMILES string of the molecule is O=[N+]([O-])c1ncn(CCCBr)n1. The number of rotatable bonds is 4. The number of hydrogen-bond acceptors (Lipinski definition) is 4. The van der Waals surface area contributed by atoms with Crippen LogP contribution in [-0.4, -0.2) is 25.0 Å². The molecule has 0 saturated heterocycles. The number of hydrogen-bond donors (Lipinski definition) is 0. The second-order valence-electron chi connectivity index (χ2n) is 2.11. The van der Waals surface area contributed by atoms with Crippen molar-refractivity contribution in [1.29, 1.82) is 0 Å². The van der Waals surface area contributed by atoms with E-state index in [1.54, 1.807) is 0 Å². The second-order valence-corrected chi connectivity index (χ2v) is 2.90. The van der Waals surface area contributed by atoms with Crippen LogP contribution in [0.4, 0.5) is 5.95 Å². The minimum Gasteiger partial charge on any atom is -0.390 e. The summed E-state index contributed by atoms with van der Waals surface area (Å²) in [4.78, 5) is 13.0. The van der Waals surface area contributed by atoms with Gasteiger partial charge in [0.15, 0.2) is 0 Å². The molecule has 0 amide bonds. The first-order valence-electron chi connectivity index (χ1n) is 3.34. The summed E-state index contributed by atoms with van der Waals surface area (Å²) in [5, 5.41) is 14.6. The number of nitrogens with zero attached hydrogens (tertiary/aromatic N) is 4. The fourth-order valence-electron chi connectivity index (χ4n) is 0.698. The Morgan fingerprint density at radius 1 is 1.75 bits per heavy atom. The largest absolute Gasteiger partial charge is 0.490 e. The van der Waals surface area contributed by atoms with Gasteiger partial charge in [0.25, 0.3) is 0 Å². The van der Waals surface area contributed by atoms with Crippen LogP contribution in [0.1, 0.15) is 6.42 Å². The van der Waals surface area contributed by atoms with Gasteiger partial charge in [0.2, 0.25) is 6.33 Å². The summed E-state index contributed by atoms with van der Waals surface area (Å²) in [7, 11) is 0. The van der Waals surface area contributed by atoms with Gasteiger partial charge in [0.1, 0.15) is 0 Å². The van der Waals surface area contributed by atoms with E-state index < -0.39 is 4.92 Å². The molecule has 66 valence electrons. The number of aromatic nitrogens is 3. The van der Waals surface area contributed by atoms with Gasteiger partial charge in [-0.25, -0.2) is 0 Å². The minimum absolute atomic E-state index is 0.343. The predicted octanol–water partition coefficient (Wildman–Crippen LogP) is 0.971. The Balaban J connectivity index is 2.58. The van der Waals surface area contributed by atoms with Crippen molar-refractivity contribution in [3.05, 3.63) is 16.4 Å². The van der Waals surface area contributed by atoms with Crippen LogP contribution in [0.25, 0.3) is 0 Å². The van der Waals surface area contributed by atoms with Crippen molar-refractivity contribution in [3.8, 4) is 0 Å². The number of aryl methyl sites for hydroxylation is 1. The van der Waals surface area contributed by atoms with Gasteiger partial charge < -0.3 is 10.1 Å². The zero-order valence-electron chi connectivity index (χ0n) is 6.18. The minimum atomic E-state index is -0.607. The summed E-state index contributed by atoms with van der Waals surface area (Å²) >= 11 is 3.25. The molecule has 0 fully saturated rings. The highest BCUT2D eigenvalue weighted by Gasteiger charge is 2.11. The Kier molecular flexibility index (Phi) is 3.15. The van der Waals surface area contributed by atoms with Crippen LogP contribution in [0.5, 0.6) is 0 Å². The average Bonchev–Trinajstić information content (AvgIpc) is 2.48. The van der Waals surface area contributed by atoms with Crippen LogP contribution in [0.15, 0.2) is 6.33 Å². The molecule has 1 aromatic heterocycles. The molecule has 0 spiro atoms. The van der Waals surface area contributed by atoms with Crippen molar-refractivity contribution in [2.75, 3.05) is 5.33 Å². The third-order valence-electron chi connectivity index (χ3n) is 1.21. The molecule has 0 aliphatic rings. The molecular formula is C5H7BrN4O2. The van der Waals surface area contributed by atoms with Crippen molar-refractivity contribution in [2.45, 2.75) is 13.0 Å². The fraction of sp³-hybridized carbons (Fsp3) is 0.600. The van der Waals surface area contributed by atoms with Crippen LogP contribution >= 0.6 is 15.9 Å². The van der Waals surface area contributed by atoms with E-state index in [2.05, 4.69) is 26.0 Å². The lowest BCUT2D eigenvalue weighted by molar-refractivity contribution is -0.394. The van der Waals surface area contributed by atoms with Gasteiger partial charge in [-0.15, -0.1) is 0 Å². The first-order chi connectivity index (χ1) is 5.74. The highest BCUT2D eigenvalue weighted by Crippen LogP contribution is 2.00. The average molecular weight is 235 g/mol. The lowest BCUT2D eigenvalue weighted by Gasteiger charge is -1.90. The van der Waals surface area contributed by atoms with Crippen molar-refractivity contribution in [2.24, 2.45) is 0 Å². The Bertz CT molecular complexity index is 274. The fourth-order valence-corrected chi connectivity index (χ4v) is 0.949. The predicted molar refractivity (Wildman–Crippen MR) is 45.1 cm³/mol. The maximum atomic E-state index is 10.1. The standard InChI is InChI=1S/C5H7BrN4O2/c6-2-1-3-9-4-7-5(8-9)10(11)12/h4H,1-3H2. The third kappa shape index (κ3) is 2.26. The molecule has 0 aromatic carbocycles. The van der Waals surface area contributed by atoms with Crippen LogP contribution in [0.2, 0.25) is 0 Å². The van der Waals surface area contributed by atoms with E-state index in [1.807, 2.05) is 0 Å². The molecule has 1 heterocycles. The molecule has 12 heavy (non-hydrogen) atoms. The molecule has 0 N–H and O–H groups in total. The lowest BCUT2D eigenvalue weighted by atomic mass is 10.5. The molecule has 0 saturated carbocycles. The van der Waals surface area contributed by atoms with Crippen molar-refractivity contribution in [1.82, 2.24) is 14.8 Å². The first-order valence-corrected chi connectivity index (χ1v) is 4.46. The van der Waals surface area contributed by atoms with Gasteiger partial charge in [-0.1, -0.05) is 20.9 Å². The summed E-state index contributed by atoms with van der Waals surface area (Å²) in [6.45, 7) is 0.645. The van der Waals surface area contributed by atoms with Gasteiger partial charge in [0.05, 0.1) is 6.54 Å². The number of halogens is 1. The van der Waals surface area contributed by atoms with Crippen LogP contribution in [0, 0.1) is 10.1 Å². The number of nitro groups is 1. The molecule has 0 atom stereocenters. The molecule has 0 aliphatic heterocycles.